The average molecular weight is 303 g/mol. The van der Waals surface area contributed by atoms with Crippen LogP contribution in [-0.4, -0.2) is 19.6 Å². The second kappa shape index (κ2) is 3.98. The van der Waals surface area contributed by atoms with Crippen molar-refractivity contribution in [2.75, 3.05) is 0 Å². The topological polar surface area (TPSA) is 54.4 Å². The van der Waals surface area contributed by atoms with E-state index in [1.54, 1.807) is 25.1 Å². The molecule has 1 aliphatic rings. The van der Waals surface area contributed by atoms with E-state index in [0.29, 0.717) is 26.9 Å². The van der Waals surface area contributed by atoms with Crippen LogP contribution in [-0.2, 0) is 9.84 Å². The Morgan fingerprint density at radius 3 is 2.75 bits per heavy atom. The Hall–Kier alpha value is -0.650. The number of hydrogen-bond donors (Lipinski definition) is 1. The van der Waals surface area contributed by atoms with Crippen LogP contribution in [0.1, 0.15) is 18.9 Å². The first kappa shape index (κ1) is 11.8. The van der Waals surface area contributed by atoms with Crippen molar-refractivity contribution in [3.05, 3.63) is 33.6 Å². The smallest absolute Gasteiger partial charge is 0.201 e. The highest BCUT2D eigenvalue weighted by Gasteiger charge is 2.29. The molecule has 0 aliphatic carbocycles. The first-order valence-electron chi connectivity index (χ1n) is 4.84. The summed E-state index contributed by atoms with van der Waals surface area (Å²) in [6, 6.07) is 5.26. The lowest BCUT2D eigenvalue weighted by Gasteiger charge is -2.07. The van der Waals surface area contributed by atoms with Gasteiger partial charge >= 0.3 is 0 Å². The summed E-state index contributed by atoms with van der Waals surface area (Å²) in [4.78, 5) is 0.311. The molecule has 1 aromatic carbocycles. The van der Waals surface area contributed by atoms with Crippen LogP contribution in [0.5, 0.6) is 0 Å². The summed E-state index contributed by atoms with van der Waals surface area (Å²) in [6.07, 6.45) is -0.200. The minimum absolute atomic E-state index is 0.311. The maximum atomic E-state index is 11.9. The molecule has 86 valence electrons. The zero-order valence-corrected chi connectivity index (χ0v) is 11.0. The number of aliphatic hydroxyl groups is 1. The SMILES string of the molecule is CC(O)CC1=CS(=O)(=O)c2c(Br)cccc21. The number of aliphatic hydroxyl groups excluding tert-OH is 1. The van der Waals surface area contributed by atoms with Gasteiger partial charge in [-0.25, -0.2) is 8.42 Å². The normalized spacial score (nSPS) is 19.1. The third-order valence-electron chi connectivity index (χ3n) is 2.41. The van der Waals surface area contributed by atoms with Crippen LogP contribution in [0.4, 0.5) is 0 Å². The molecule has 1 heterocycles. The van der Waals surface area contributed by atoms with Crippen LogP contribution in [0.15, 0.2) is 33.0 Å². The summed E-state index contributed by atoms with van der Waals surface area (Å²) in [5.41, 5.74) is 1.36. The summed E-state index contributed by atoms with van der Waals surface area (Å²) in [5.74, 6) is 0. The van der Waals surface area contributed by atoms with Gasteiger partial charge in [-0.1, -0.05) is 12.1 Å². The van der Waals surface area contributed by atoms with Gasteiger partial charge in [-0.3, -0.25) is 0 Å². The van der Waals surface area contributed by atoms with Gasteiger partial charge < -0.3 is 5.11 Å². The van der Waals surface area contributed by atoms with Crippen molar-refractivity contribution in [3.63, 3.8) is 0 Å². The Bertz CT molecular complexity index is 559. The van der Waals surface area contributed by atoms with Gasteiger partial charge in [-0.15, -0.1) is 0 Å². The lowest BCUT2D eigenvalue weighted by atomic mass is 10.0. The van der Waals surface area contributed by atoms with Crippen LogP contribution in [0.25, 0.3) is 5.57 Å². The average Bonchev–Trinajstić information content (AvgIpc) is 2.38. The second-order valence-corrected chi connectivity index (χ2v) is 6.45. The molecule has 1 aliphatic heterocycles. The van der Waals surface area contributed by atoms with Crippen molar-refractivity contribution in [2.45, 2.75) is 24.3 Å². The van der Waals surface area contributed by atoms with Crippen LogP contribution >= 0.6 is 15.9 Å². The number of sulfone groups is 1. The Morgan fingerprint density at radius 2 is 2.12 bits per heavy atom. The highest BCUT2D eigenvalue weighted by atomic mass is 79.9. The number of rotatable bonds is 2. The van der Waals surface area contributed by atoms with Crippen molar-refractivity contribution in [2.24, 2.45) is 0 Å². The lowest BCUT2D eigenvalue weighted by molar-refractivity contribution is 0.201. The number of hydrogen-bond acceptors (Lipinski definition) is 3. The highest BCUT2D eigenvalue weighted by Crippen LogP contribution is 2.39. The van der Waals surface area contributed by atoms with E-state index in [0.717, 1.165) is 0 Å². The van der Waals surface area contributed by atoms with Gasteiger partial charge in [0.05, 0.1) is 11.0 Å². The van der Waals surface area contributed by atoms with E-state index in [1.807, 2.05) is 0 Å². The molecule has 1 atom stereocenters. The van der Waals surface area contributed by atoms with E-state index < -0.39 is 15.9 Å². The fraction of sp³-hybridized carbons (Fsp3) is 0.273. The maximum Gasteiger partial charge on any atom is 0.201 e. The molecule has 2 rings (SSSR count). The van der Waals surface area contributed by atoms with Gasteiger partial charge in [0.15, 0.2) is 0 Å². The first-order valence-corrected chi connectivity index (χ1v) is 7.18. The number of halogens is 1. The Kier molecular flexibility index (Phi) is 2.94. The molecule has 0 saturated heterocycles. The fourth-order valence-corrected chi connectivity index (χ4v) is 4.44. The molecule has 0 saturated carbocycles. The zero-order valence-electron chi connectivity index (χ0n) is 8.64. The van der Waals surface area contributed by atoms with Crippen molar-refractivity contribution in [1.82, 2.24) is 0 Å². The van der Waals surface area contributed by atoms with Gasteiger partial charge in [0.25, 0.3) is 0 Å². The minimum Gasteiger partial charge on any atom is -0.393 e. The van der Waals surface area contributed by atoms with Crippen molar-refractivity contribution >= 4 is 31.3 Å². The van der Waals surface area contributed by atoms with Gasteiger partial charge in [-0.2, -0.15) is 0 Å². The third-order valence-corrected chi connectivity index (χ3v) is 4.94. The summed E-state index contributed by atoms with van der Waals surface area (Å²) in [7, 11) is -3.35. The molecule has 16 heavy (non-hydrogen) atoms. The monoisotopic (exact) mass is 302 g/mol. The largest absolute Gasteiger partial charge is 0.393 e. The summed E-state index contributed by atoms with van der Waals surface area (Å²) in [5, 5.41) is 10.6. The third kappa shape index (κ3) is 1.95. The van der Waals surface area contributed by atoms with E-state index in [4.69, 9.17) is 0 Å². The Labute approximate surface area is 103 Å². The van der Waals surface area contributed by atoms with Crippen LogP contribution in [0, 0.1) is 0 Å². The molecule has 5 heteroatoms. The predicted molar refractivity (Wildman–Crippen MR) is 65.6 cm³/mol. The lowest BCUT2D eigenvalue weighted by Crippen LogP contribution is -2.00. The van der Waals surface area contributed by atoms with Crippen LogP contribution in [0.3, 0.4) is 0 Å². The van der Waals surface area contributed by atoms with Crippen LogP contribution < -0.4 is 0 Å². The summed E-state index contributed by atoms with van der Waals surface area (Å²) >= 11 is 3.24. The molecule has 3 nitrogen and oxygen atoms in total. The van der Waals surface area contributed by atoms with E-state index in [1.165, 1.54) is 5.41 Å². The number of fused-ring (bicyclic) bond motifs is 1. The maximum absolute atomic E-state index is 11.9. The van der Waals surface area contributed by atoms with Crippen molar-refractivity contribution < 1.29 is 13.5 Å². The molecule has 0 bridgehead atoms. The quantitative estimate of drug-likeness (QED) is 0.912. The van der Waals surface area contributed by atoms with Crippen LogP contribution in [0.2, 0.25) is 0 Å². The van der Waals surface area contributed by atoms with E-state index in [9.17, 15) is 13.5 Å². The number of benzene rings is 1. The van der Waals surface area contributed by atoms with Crippen molar-refractivity contribution in [1.29, 1.82) is 0 Å². The molecule has 1 N–H and O–H groups in total. The molecule has 1 aromatic rings. The van der Waals surface area contributed by atoms with Crippen molar-refractivity contribution in [3.8, 4) is 0 Å². The Morgan fingerprint density at radius 1 is 1.44 bits per heavy atom. The first-order chi connectivity index (χ1) is 7.42. The molecule has 1 unspecified atom stereocenters. The molecule has 0 fully saturated rings. The van der Waals surface area contributed by atoms with Gasteiger partial charge in [0.1, 0.15) is 0 Å². The van der Waals surface area contributed by atoms with Gasteiger partial charge in [0, 0.05) is 9.88 Å². The van der Waals surface area contributed by atoms with E-state index in [2.05, 4.69) is 15.9 Å². The standard InChI is InChI=1S/C11H11BrO3S/c1-7(13)5-8-6-16(14,15)11-9(8)3-2-4-10(11)12/h2-4,6-7,13H,5H2,1H3. The minimum atomic E-state index is -3.35. The Balaban J connectivity index is 2.61. The second-order valence-electron chi connectivity index (χ2n) is 3.86. The molecule has 0 aromatic heterocycles. The predicted octanol–water partition coefficient (Wildman–Crippen LogP) is 2.35. The highest BCUT2D eigenvalue weighted by molar-refractivity contribution is 9.10. The molecule has 0 spiro atoms. The fourth-order valence-electron chi connectivity index (χ4n) is 1.84. The summed E-state index contributed by atoms with van der Waals surface area (Å²) < 4.78 is 24.3. The molecule has 0 amide bonds. The zero-order chi connectivity index (χ0) is 11.9. The van der Waals surface area contributed by atoms with Gasteiger partial charge in [-0.05, 0) is 46.5 Å². The van der Waals surface area contributed by atoms with E-state index in [-0.39, 0.29) is 0 Å². The van der Waals surface area contributed by atoms with E-state index >= 15 is 0 Å². The molecular weight excluding hydrogens is 292 g/mol. The molecular formula is C11H11BrO3S. The summed E-state index contributed by atoms with van der Waals surface area (Å²) in [6.45, 7) is 1.64. The molecule has 0 radical (unpaired) electrons. The van der Waals surface area contributed by atoms with Gasteiger partial charge in [0.2, 0.25) is 9.84 Å².